The summed E-state index contributed by atoms with van der Waals surface area (Å²) in [4.78, 5) is 9.08. The van der Waals surface area contributed by atoms with Crippen LogP contribution in [-0.4, -0.2) is 22.6 Å². The van der Waals surface area contributed by atoms with Crippen LogP contribution in [0.3, 0.4) is 0 Å². The lowest BCUT2D eigenvalue weighted by Gasteiger charge is -2.59. The van der Waals surface area contributed by atoms with E-state index >= 15 is 0 Å². The summed E-state index contributed by atoms with van der Waals surface area (Å²) in [6, 6.07) is 11.0. The van der Waals surface area contributed by atoms with Crippen molar-refractivity contribution in [1.82, 2.24) is 9.97 Å². The van der Waals surface area contributed by atoms with Gasteiger partial charge in [0.2, 0.25) is 5.95 Å². The van der Waals surface area contributed by atoms with Crippen LogP contribution in [-0.2, 0) is 0 Å². The van der Waals surface area contributed by atoms with E-state index in [1.807, 2.05) is 12.1 Å². The number of nitrogens with one attached hydrogen (secondary N) is 2. The number of aromatic nitrogens is 2. The lowest BCUT2D eigenvalue weighted by atomic mass is 9.48. The van der Waals surface area contributed by atoms with Gasteiger partial charge in [-0.3, -0.25) is 0 Å². The van der Waals surface area contributed by atoms with E-state index in [2.05, 4.69) is 47.7 Å². The molecule has 2 aromatic rings. The van der Waals surface area contributed by atoms with Crippen molar-refractivity contribution in [3.8, 4) is 6.07 Å². The van der Waals surface area contributed by atoms with E-state index < -0.39 is 0 Å². The topological polar surface area (TPSA) is 99.7 Å². The first-order valence-electron chi connectivity index (χ1n) is 11.5. The molecule has 31 heavy (non-hydrogen) atoms. The van der Waals surface area contributed by atoms with Crippen LogP contribution >= 0.6 is 0 Å². The van der Waals surface area contributed by atoms with Gasteiger partial charge in [-0.1, -0.05) is 24.3 Å². The molecule has 4 N–H and O–H groups in total. The zero-order valence-electron chi connectivity index (χ0n) is 18.4. The van der Waals surface area contributed by atoms with Crippen molar-refractivity contribution >= 4 is 11.8 Å². The molecule has 1 heterocycles. The SMILES string of the molecule is Cc1ccccc1C(C)Nc1ncc(C#N)c(NCC23CC4C[C@H](C2)C(N)[C@@H](C4)C3)n1. The van der Waals surface area contributed by atoms with E-state index in [9.17, 15) is 5.26 Å². The number of hydrogen-bond acceptors (Lipinski definition) is 6. The maximum atomic E-state index is 9.59. The van der Waals surface area contributed by atoms with Gasteiger partial charge in [0.1, 0.15) is 17.5 Å². The lowest BCUT2D eigenvalue weighted by molar-refractivity contribution is -0.0591. The molecule has 4 bridgehead atoms. The minimum Gasteiger partial charge on any atom is -0.368 e. The summed E-state index contributed by atoms with van der Waals surface area (Å²) < 4.78 is 0. The molecular formula is C25H32N6. The maximum absolute atomic E-state index is 9.59. The number of nitrogens with zero attached hydrogens (tertiary/aromatic N) is 3. The summed E-state index contributed by atoms with van der Waals surface area (Å²) in [6.45, 7) is 5.08. The molecule has 4 aliphatic rings. The highest BCUT2D eigenvalue weighted by Gasteiger charge is 2.54. The average molecular weight is 417 g/mol. The second kappa shape index (κ2) is 7.80. The first kappa shape index (κ1) is 20.3. The lowest BCUT2D eigenvalue weighted by Crippen LogP contribution is -2.58. The molecule has 4 aliphatic carbocycles. The Balaban J connectivity index is 1.32. The molecule has 6 nitrogen and oxygen atoms in total. The first-order chi connectivity index (χ1) is 15.0. The van der Waals surface area contributed by atoms with Gasteiger partial charge in [-0.25, -0.2) is 4.98 Å². The van der Waals surface area contributed by atoms with Crippen LogP contribution in [0.2, 0.25) is 0 Å². The van der Waals surface area contributed by atoms with E-state index in [1.54, 1.807) is 6.20 Å². The Morgan fingerprint density at radius 3 is 2.68 bits per heavy atom. The Morgan fingerprint density at radius 1 is 1.23 bits per heavy atom. The summed E-state index contributed by atoms with van der Waals surface area (Å²) in [5.74, 6) is 3.34. The van der Waals surface area contributed by atoms with Gasteiger partial charge in [-0.15, -0.1) is 0 Å². The number of nitrogens with two attached hydrogens (primary N) is 1. The molecule has 6 atom stereocenters. The number of hydrogen-bond donors (Lipinski definition) is 3. The molecule has 0 radical (unpaired) electrons. The largest absolute Gasteiger partial charge is 0.368 e. The predicted molar refractivity (Wildman–Crippen MR) is 122 cm³/mol. The number of rotatable bonds is 6. The first-order valence-corrected chi connectivity index (χ1v) is 11.5. The second-order valence-electron chi connectivity index (χ2n) is 10.2. The fourth-order valence-electron chi connectivity index (χ4n) is 6.73. The number of aryl methyl sites for hydroxylation is 1. The summed E-state index contributed by atoms with van der Waals surface area (Å²) in [7, 11) is 0. The molecule has 0 aliphatic heterocycles. The monoisotopic (exact) mass is 416 g/mol. The van der Waals surface area contributed by atoms with Crippen molar-refractivity contribution in [2.75, 3.05) is 17.2 Å². The van der Waals surface area contributed by atoms with Crippen LogP contribution in [0.25, 0.3) is 0 Å². The number of anilines is 2. The molecule has 1 aromatic carbocycles. The zero-order chi connectivity index (χ0) is 21.6. The van der Waals surface area contributed by atoms with Crippen molar-refractivity contribution in [2.24, 2.45) is 28.9 Å². The van der Waals surface area contributed by atoms with E-state index in [0.717, 1.165) is 12.5 Å². The summed E-state index contributed by atoms with van der Waals surface area (Å²) in [6.07, 6.45) is 7.93. The van der Waals surface area contributed by atoms with Gasteiger partial charge in [-0.05, 0) is 80.2 Å². The molecule has 4 saturated carbocycles. The Bertz CT molecular complexity index is 995. The van der Waals surface area contributed by atoms with Gasteiger partial charge in [0.25, 0.3) is 0 Å². The van der Waals surface area contributed by atoms with E-state index in [0.29, 0.717) is 40.6 Å². The standard InChI is InChI=1S/C25H32N6/c1-15-5-3-4-6-21(15)16(2)30-24-28-13-20(12-26)23(31-24)29-14-25-9-17-7-18(10-25)22(27)19(8-17)11-25/h3-6,13,16-19,22H,7-11,14,27H2,1-2H3,(H2,28,29,30,31)/t16?,17?,18-,19+,22?,25?. The smallest absolute Gasteiger partial charge is 0.225 e. The van der Waals surface area contributed by atoms with Crippen molar-refractivity contribution < 1.29 is 0 Å². The Labute approximate surface area is 184 Å². The fourth-order valence-corrected chi connectivity index (χ4v) is 6.73. The minimum absolute atomic E-state index is 0.0756. The Morgan fingerprint density at radius 2 is 1.97 bits per heavy atom. The normalized spacial score (nSPS) is 31.8. The molecule has 0 spiro atoms. The quantitative estimate of drug-likeness (QED) is 0.646. The van der Waals surface area contributed by atoms with Crippen LogP contribution in [0.1, 0.15) is 61.8 Å². The highest BCUT2D eigenvalue weighted by molar-refractivity contribution is 5.54. The Kier molecular flexibility index (Phi) is 5.10. The third kappa shape index (κ3) is 3.76. The van der Waals surface area contributed by atoms with Gasteiger partial charge in [0.15, 0.2) is 0 Å². The molecule has 0 amide bonds. The van der Waals surface area contributed by atoms with Crippen molar-refractivity contribution in [1.29, 1.82) is 5.26 Å². The van der Waals surface area contributed by atoms with Gasteiger partial charge in [0, 0.05) is 12.6 Å². The highest BCUT2D eigenvalue weighted by atomic mass is 15.2. The second-order valence-corrected chi connectivity index (χ2v) is 10.2. The zero-order valence-corrected chi connectivity index (χ0v) is 18.4. The third-order valence-corrected chi connectivity index (χ3v) is 8.01. The molecular weight excluding hydrogens is 384 g/mol. The molecule has 6 rings (SSSR count). The molecule has 0 saturated heterocycles. The minimum atomic E-state index is 0.0756. The van der Waals surface area contributed by atoms with Crippen molar-refractivity contribution in [3.05, 3.63) is 47.2 Å². The fraction of sp³-hybridized carbons (Fsp3) is 0.560. The third-order valence-electron chi connectivity index (χ3n) is 8.01. The maximum Gasteiger partial charge on any atom is 0.225 e. The molecule has 4 fully saturated rings. The van der Waals surface area contributed by atoms with Gasteiger partial charge < -0.3 is 16.4 Å². The van der Waals surface area contributed by atoms with E-state index in [1.165, 1.54) is 43.2 Å². The van der Waals surface area contributed by atoms with Crippen LogP contribution in [0, 0.1) is 41.4 Å². The van der Waals surface area contributed by atoms with Gasteiger partial charge in [-0.2, -0.15) is 10.2 Å². The van der Waals surface area contributed by atoms with Gasteiger partial charge in [0.05, 0.1) is 12.2 Å². The number of nitriles is 1. The number of benzene rings is 1. The average Bonchev–Trinajstić information content (AvgIpc) is 2.76. The van der Waals surface area contributed by atoms with Crippen LogP contribution in [0.4, 0.5) is 11.8 Å². The molecule has 4 unspecified atom stereocenters. The summed E-state index contributed by atoms with van der Waals surface area (Å²) >= 11 is 0. The Hall–Kier alpha value is -2.65. The van der Waals surface area contributed by atoms with Crippen LogP contribution < -0.4 is 16.4 Å². The van der Waals surface area contributed by atoms with Crippen LogP contribution in [0.15, 0.2) is 30.5 Å². The highest BCUT2D eigenvalue weighted by Crippen LogP contribution is 2.59. The molecule has 162 valence electrons. The van der Waals surface area contributed by atoms with Crippen molar-refractivity contribution in [2.45, 2.75) is 58.0 Å². The van der Waals surface area contributed by atoms with E-state index in [4.69, 9.17) is 10.7 Å². The van der Waals surface area contributed by atoms with Gasteiger partial charge >= 0.3 is 0 Å². The van der Waals surface area contributed by atoms with Crippen LogP contribution in [0.5, 0.6) is 0 Å². The molecule has 6 heteroatoms. The predicted octanol–water partition coefficient (Wildman–Crippen LogP) is 4.40. The van der Waals surface area contributed by atoms with E-state index in [-0.39, 0.29) is 6.04 Å². The summed E-state index contributed by atoms with van der Waals surface area (Å²) in [5, 5.41) is 16.5. The molecule has 1 aromatic heterocycles. The summed E-state index contributed by atoms with van der Waals surface area (Å²) in [5.41, 5.74) is 9.75. The van der Waals surface area contributed by atoms with Crippen molar-refractivity contribution in [3.63, 3.8) is 0 Å².